The van der Waals surface area contributed by atoms with E-state index in [0.717, 1.165) is 0 Å². The Morgan fingerprint density at radius 1 is 1.24 bits per heavy atom. The van der Waals surface area contributed by atoms with Crippen LogP contribution in [0.2, 0.25) is 0 Å². The fraction of sp³-hybridized carbons (Fsp3) is 0.500. The normalized spacial score (nSPS) is 15.6. The summed E-state index contributed by atoms with van der Waals surface area (Å²) in [4.78, 5) is 0. The molecule has 1 rings (SSSR count). The average molecular weight is 247 g/mol. The highest BCUT2D eigenvalue weighted by Crippen LogP contribution is 2.32. The lowest BCUT2D eigenvalue weighted by molar-refractivity contribution is -0.157. The Morgan fingerprint density at radius 2 is 1.82 bits per heavy atom. The number of nitrogens with one attached hydrogen (secondary N) is 1. The number of halogens is 3. The van der Waals surface area contributed by atoms with Gasteiger partial charge in [0, 0.05) is 0 Å². The van der Waals surface area contributed by atoms with E-state index in [1.807, 2.05) is 0 Å². The minimum atomic E-state index is -4.33. The summed E-state index contributed by atoms with van der Waals surface area (Å²) in [5.41, 5.74) is 0.186. The molecule has 0 aliphatic rings. The van der Waals surface area contributed by atoms with E-state index in [9.17, 15) is 13.2 Å². The smallest absolute Gasteiger partial charge is 0.393 e. The molecule has 2 nitrogen and oxygen atoms in total. The van der Waals surface area contributed by atoms with Crippen LogP contribution in [0.5, 0.6) is 0 Å². The maximum atomic E-state index is 12.8. The summed E-state index contributed by atoms with van der Waals surface area (Å²) in [5, 5.41) is 11.4. The van der Waals surface area contributed by atoms with Crippen molar-refractivity contribution in [1.29, 1.82) is 0 Å². The Balaban J connectivity index is 2.69. The van der Waals surface area contributed by atoms with Gasteiger partial charge >= 0.3 is 6.18 Å². The Morgan fingerprint density at radius 3 is 2.29 bits per heavy atom. The number of aliphatic hydroxyl groups excluding tert-OH is 1. The van der Waals surface area contributed by atoms with Crippen molar-refractivity contribution in [3.05, 3.63) is 35.9 Å². The van der Waals surface area contributed by atoms with Crippen molar-refractivity contribution in [3.63, 3.8) is 0 Å². The molecule has 2 atom stereocenters. The average Bonchev–Trinajstić information content (AvgIpc) is 2.23. The van der Waals surface area contributed by atoms with Crippen molar-refractivity contribution < 1.29 is 18.3 Å². The Labute approximate surface area is 98.5 Å². The number of aliphatic hydroxyl groups is 1. The molecule has 1 aromatic rings. The van der Waals surface area contributed by atoms with Gasteiger partial charge in [-0.1, -0.05) is 30.3 Å². The van der Waals surface area contributed by atoms with Crippen LogP contribution in [0, 0.1) is 0 Å². The molecule has 17 heavy (non-hydrogen) atoms. The first-order chi connectivity index (χ1) is 7.91. The number of rotatable bonds is 5. The molecule has 0 spiro atoms. The maximum absolute atomic E-state index is 12.8. The summed E-state index contributed by atoms with van der Waals surface area (Å²) in [5.74, 6) is 0. The van der Waals surface area contributed by atoms with Gasteiger partial charge in [0.1, 0.15) is 6.04 Å². The second kappa shape index (κ2) is 6.02. The van der Waals surface area contributed by atoms with Crippen molar-refractivity contribution >= 4 is 0 Å². The fourth-order valence-electron chi connectivity index (χ4n) is 1.50. The Hall–Kier alpha value is -1.07. The lowest BCUT2D eigenvalue weighted by Crippen LogP contribution is -2.35. The molecule has 2 unspecified atom stereocenters. The molecule has 0 fully saturated rings. The summed E-state index contributed by atoms with van der Waals surface area (Å²) < 4.78 is 38.4. The highest BCUT2D eigenvalue weighted by atomic mass is 19.4. The zero-order chi connectivity index (χ0) is 12.9. The summed E-state index contributed by atoms with van der Waals surface area (Å²) in [6, 6.07) is 6.02. The molecule has 0 saturated carbocycles. The van der Waals surface area contributed by atoms with E-state index in [-0.39, 0.29) is 12.1 Å². The molecule has 1 aromatic carbocycles. The van der Waals surface area contributed by atoms with E-state index in [2.05, 4.69) is 5.32 Å². The van der Waals surface area contributed by atoms with Gasteiger partial charge in [0.25, 0.3) is 0 Å². The molecule has 0 aromatic heterocycles. The summed E-state index contributed by atoms with van der Waals surface area (Å²) in [6.45, 7) is 1.67. The quantitative estimate of drug-likeness (QED) is 0.838. The minimum absolute atomic E-state index is 0.122. The molecule has 0 radical (unpaired) electrons. The van der Waals surface area contributed by atoms with Crippen LogP contribution in [0.1, 0.15) is 24.9 Å². The third-order valence-corrected chi connectivity index (χ3v) is 2.37. The van der Waals surface area contributed by atoms with Gasteiger partial charge in [-0.3, -0.25) is 0 Å². The van der Waals surface area contributed by atoms with E-state index in [4.69, 9.17) is 5.11 Å². The van der Waals surface area contributed by atoms with Crippen LogP contribution >= 0.6 is 0 Å². The molecule has 2 N–H and O–H groups in total. The van der Waals surface area contributed by atoms with Gasteiger partial charge in [0.15, 0.2) is 0 Å². The van der Waals surface area contributed by atoms with Crippen molar-refractivity contribution in [3.8, 4) is 0 Å². The summed E-state index contributed by atoms with van der Waals surface area (Å²) in [7, 11) is 0. The molecule has 0 aliphatic heterocycles. The number of benzene rings is 1. The van der Waals surface area contributed by atoms with Crippen molar-refractivity contribution in [1.82, 2.24) is 5.32 Å². The van der Waals surface area contributed by atoms with Crippen LogP contribution < -0.4 is 5.32 Å². The fourth-order valence-corrected chi connectivity index (χ4v) is 1.50. The van der Waals surface area contributed by atoms with E-state index in [0.29, 0.717) is 6.42 Å². The topological polar surface area (TPSA) is 32.3 Å². The van der Waals surface area contributed by atoms with E-state index in [1.54, 1.807) is 25.1 Å². The Kier molecular flexibility index (Phi) is 4.96. The lowest BCUT2D eigenvalue weighted by Gasteiger charge is -2.22. The highest BCUT2D eigenvalue weighted by molar-refractivity contribution is 5.20. The third-order valence-electron chi connectivity index (χ3n) is 2.37. The second-order valence-corrected chi connectivity index (χ2v) is 3.98. The zero-order valence-corrected chi connectivity index (χ0v) is 9.54. The van der Waals surface area contributed by atoms with Crippen molar-refractivity contribution in [2.24, 2.45) is 0 Å². The molecule has 96 valence electrons. The SMILES string of the molecule is CC(O)CCNC(c1ccccc1)C(F)(F)F. The monoisotopic (exact) mass is 247 g/mol. The van der Waals surface area contributed by atoms with Crippen LogP contribution in [0.3, 0.4) is 0 Å². The largest absolute Gasteiger partial charge is 0.407 e. The first-order valence-electron chi connectivity index (χ1n) is 5.44. The molecule has 5 heteroatoms. The molecule has 0 bridgehead atoms. The standard InChI is InChI=1S/C12H16F3NO/c1-9(17)7-8-16-11(12(13,14)15)10-5-3-2-4-6-10/h2-6,9,11,16-17H,7-8H2,1H3. The van der Waals surface area contributed by atoms with Gasteiger partial charge < -0.3 is 10.4 Å². The number of hydrogen-bond acceptors (Lipinski definition) is 2. The minimum Gasteiger partial charge on any atom is -0.393 e. The van der Waals surface area contributed by atoms with Gasteiger partial charge in [0.05, 0.1) is 6.10 Å². The van der Waals surface area contributed by atoms with Crippen LogP contribution in [0.15, 0.2) is 30.3 Å². The van der Waals surface area contributed by atoms with Gasteiger partial charge in [0.2, 0.25) is 0 Å². The van der Waals surface area contributed by atoms with Gasteiger partial charge in [-0.15, -0.1) is 0 Å². The molecular weight excluding hydrogens is 231 g/mol. The summed E-state index contributed by atoms with van der Waals surface area (Å²) in [6.07, 6.45) is -4.65. The predicted molar refractivity (Wildman–Crippen MR) is 59.5 cm³/mol. The number of hydrogen-bond donors (Lipinski definition) is 2. The number of alkyl halides is 3. The second-order valence-electron chi connectivity index (χ2n) is 3.98. The van der Waals surface area contributed by atoms with Crippen LogP contribution in [0.4, 0.5) is 13.2 Å². The Bertz CT molecular complexity index is 324. The lowest BCUT2D eigenvalue weighted by atomic mass is 10.1. The first-order valence-corrected chi connectivity index (χ1v) is 5.44. The molecule has 0 heterocycles. The molecular formula is C12H16F3NO. The maximum Gasteiger partial charge on any atom is 0.407 e. The zero-order valence-electron chi connectivity index (χ0n) is 9.54. The molecule has 0 amide bonds. The van der Waals surface area contributed by atoms with Crippen molar-refractivity contribution in [2.75, 3.05) is 6.54 Å². The molecule has 0 aliphatic carbocycles. The molecule has 0 saturated heterocycles. The van der Waals surface area contributed by atoms with Crippen LogP contribution in [-0.4, -0.2) is 23.9 Å². The highest BCUT2D eigenvalue weighted by Gasteiger charge is 2.40. The third kappa shape index (κ3) is 4.75. The van der Waals surface area contributed by atoms with Gasteiger partial charge in [-0.2, -0.15) is 13.2 Å². The van der Waals surface area contributed by atoms with Crippen molar-refractivity contribution in [2.45, 2.75) is 31.7 Å². The van der Waals surface area contributed by atoms with Gasteiger partial charge in [-0.05, 0) is 25.5 Å². The van der Waals surface area contributed by atoms with Gasteiger partial charge in [-0.25, -0.2) is 0 Å². The van der Waals surface area contributed by atoms with E-state index >= 15 is 0 Å². The van der Waals surface area contributed by atoms with E-state index < -0.39 is 18.3 Å². The predicted octanol–water partition coefficient (Wildman–Crippen LogP) is 2.65. The van der Waals surface area contributed by atoms with E-state index in [1.165, 1.54) is 12.1 Å². The van der Waals surface area contributed by atoms with Crippen LogP contribution in [0.25, 0.3) is 0 Å². The summed E-state index contributed by atoms with van der Waals surface area (Å²) >= 11 is 0. The first kappa shape index (κ1) is 14.0. The van der Waals surface area contributed by atoms with Crippen LogP contribution in [-0.2, 0) is 0 Å².